The molecule has 30 heavy (non-hydrogen) atoms. The van der Waals surface area contributed by atoms with Gasteiger partial charge in [-0.3, -0.25) is 15.0 Å². The van der Waals surface area contributed by atoms with Crippen LogP contribution in [0.4, 0.5) is 4.39 Å². The highest BCUT2D eigenvalue weighted by atomic mass is 19.1. The Morgan fingerprint density at radius 1 is 1.17 bits per heavy atom. The lowest BCUT2D eigenvalue weighted by Gasteiger charge is -2.16. The maximum atomic E-state index is 13.1. The molecule has 2 heterocycles. The molecule has 0 aromatic heterocycles. The molecule has 2 aliphatic rings. The molecule has 0 radical (unpaired) electrons. The SMILES string of the molecule is O=C(CN1CC(c2ccccc2)CC1=O)N/N=C/C1CNNC1c1ccc(F)cc1. The van der Waals surface area contributed by atoms with E-state index in [0.29, 0.717) is 19.5 Å². The largest absolute Gasteiger partial charge is 0.333 e. The number of halogens is 1. The van der Waals surface area contributed by atoms with E-state index in [9.17, 15) is 14.0 Å². The maximum absolute atomic E-state index is 13.1. The van der Waals surface area contributed by atoms with Gasteiger partial charge in [-0.1, -0.05) is 42.5 Å². The van der Waals surface area contributed by atoms with Crippen LogP contribution in [0.25, 0.3) is 0 Å². The minimum absolute atomic E-state index is 0.00774. The molecular formula is C22H24FN5O2. The topological polar surface area (TPSA) is 85.8 Å². The van der Waals surface area contributed by atoms with Gasteiger partial charge in [0.25, 0.3) is 5.91 Å². The molecule has 2 amide bonds. The van der Waals surface area contributed by atoms with Gasteiger partial charge in [-0.15, -0.1) is 0 Å². The summed E-state index contributed by atoms with van der Waals surface area (Å²) in [5.74, 6) is -0.531. The number of hydrazone groups is 1. The summed E-state index contributed by atoms with van der Waals surface area (Å²) < 4.78 is 13.1. The highest BCUT2D eigenvalue weighted by Crippen LogP contribution is 2.27. The summed E-state index contributed by atoms with van der Waals surface area (Å²) in [7, 11) is 0. The van der Waals surface area contributed by atoms with Crippen LogP contribution < -0.4 is 16.3 Å². The van der Waals surface area contributed by atoms with Crippen molar-refractivity contribution < 1.29 is 14.0 Å². The molecule has 2 aromatic rings. The summed E-state index contributed by atoms with van der Waals surface area (Å²) in [5.41, 5.74) is 10.7. The summed E-state index contributed by atoms with van der Waals surface area (Å²) in [6, 6.07) is 16.1. The number of rotatable bonds is 6. The molecule has 2 fully saturated rings. The van der Waals surface area contributed by atoms with Crippen molar-refractivity contribution in [2.45, 2.75) is 18.4 Å². The molecule has 3 unspecified atom stereocenters. The van der Waals surface area contributed by atoms with Gasteiger partial charge in [0.1, 0.15) is 12.4 Å². The van der Waals surface area contributed by atoms with E-state index in [2.05, 4.69) is 21.4 Å². The molecule has 8 heteroatoms. The van der Waals surface area contributed by atoms with Gasteiger partial charge in [0.15, 0.2) is 0 Å². The maximum Gasteiger partial charge on any atom is 0.259 e. The average Bonchev–Trinajstić information content (AvgIpc) is 3.36. The standard InChI is InChI=1S/C22H24FN5O2/c23-19-8-6-16(7-9-19)22-18(12-25-27-22)11-24-26-20(29)14-28-13-17(10-21(28)30)15-4-2-1-3-5-15/h1-9,11,17-18,22,25,27H,10,12-14H2,(H,26,29)/b24-11+. The van der Waals surface area contributed by atoms with Crippen LogP contribution in [-0.4, -0.2) is 42.6 Å². The molecule has 3 N–H and O–H groups in total. The third kappa shape index (κ3) is 4.72. The zero-order valence-corrected chi connectivity index (χ0v) is 16.4. The first-order chi connectivity index (χ1) is 14.6. The molecule has 0 saturated carbocycles. The quantitative estimate of drug-likeness (QED) is 0.501. The fourth-order valence-electron chi connectivity index (χ4n) is 3.94. The van der Waals surface area contributed by atoms with Crippen LogP contribution in [0.3, 0.4) is 0 Å². The number of hydrogen-bond acceptors (Lipinski definition) is 5. The van der Waals surface area contributed by atoms with E-state index < -0.39 is 0 Å². The second-order valence-electron chi connectivity index (χ2n) is 7.62. The van der Waals surface area contributed by atoms with Crippen LogP contribution in [0, 0.1) is 11.7 Å². The molecule has 0 spiro atoms. The Bertz CT molecular complexity index is 919. The fraction of sp³-hybridized carbons (Fsp3) is 0.318. The van der Waals surface area contributed by atoms with Gasteiger partial charge in [-0.25, -0.2) is 15.2 Å². The van der Waals surface area contributed by atoms with Gasteiger partial charge < -0.3 is 4.90 Å². The monoisotopic (exact) mass is 409 g/mol. The van der Waals surface area contributed by atoms with E-state index >= 15 is 0 Å². The number of carbonyl (C=O) groups is 2. The molecule has 3 atom stereocenters. The van der Waals surface area contributed by atoms with E-state index in [1.165, 1.54) is 12.1 Å². The number of hydrogen-bond donors (Lipinski definition) is 3. The zero-order valence-electron chi connectivity index (χ0n) is 16.4. The number of nitrogens with zero attached hydrogens (tertiary/aromatic N) is 2. The van der Waals surface area contributed by atoms with Crippen molar-refractivity contribution in [2.24, 2.45) is 11.0 Å². The molecule has 2 aromatic carbocycles. The van der Waals surface area contributed by atoms with Crippen molar-refractivity contribution in [1.29, 1.82) is 0 Å². The van der Waals surface area contributed by atoms with E-state index in [-0.39, 0.29) is 42.1 Å². The molecule has 2 saturated heterocycles. The van der Waals surface area contributed by atoms with Gasteiger partial charge in [0.2, 0.25) is 5.91 Å². The van der Waals surface area contributed by atoms with Crippen molar-refractivity contribution >= 4 is 18.0 Å². The number of benzene rings is 2. The zero-order chi connectivity index (χ0) is 20.9. The first-order valence-electron chi connectivity index (χ1n) is 9.99. The third-order valence-corrected chi connectivity index (χ3v) is 5.53. The highest BCUT2D eigenvalue weighted by Gasteiger charge is 2.31. The Morgan fingerprint density at radius 2 is 1.93 bits per heavy atom. The smallest absolute Gasteiger partial charge is 0.259 e. The Labute approximate surface area is 174 Å². The van der Waals surface area contributed by atoms with Crippen LogP contribution in [0.1, 0.15) is 29.5 Å². The van der Waals surface area contributed by atoms with Gasteiger partial charge in [-0.05, 0) is 23.3 Å². The fourth-order valence-corrected chi connectivity index (χ4v) is 3.94. The van der Waals surface area contributed by atoms with Crippen LogP contribution in [0.15, 0.2) is 59.7 Å². The summed E-state index contributed by atoms with van der Waals surface area (Å²) >= 11 is 0. The Balaban J connectivity index is 1.28. The van der Waals surface area contributed by atoms with Crippen molar-refractivity contribution in [3.05, 3.63) is 71.5 Å². The van der Waals surface area contributed by atoms with Crippen molar-refractivity contribution in [3.8, 4) is 0 Å². The summed E-state index contributed by atoms with van der Waals surface area (Å²) in [5, 5.41) is 4.07. The lowest BCUT2D eigenvalue weighted by atomic mass is 9.96. The molecule has 156 valence electrons. The van der Waals surface area contributed by atoms with E-state index in [0.717, 1.165) is 11.1 Å². The molecule has 0 bridgehead atoms. The Kier molecular flexibility index (Phi) is 6.15. The Morgan fingerprint density at radius 3 is 2.70 bits per heavy atom. The predicted molar refractivity (Wildman–Crippen MR) is 111 cm³/mol. The minimum atomic E-state index is -0.328. The van der Waals surface area contributed by atoms with Gasteiger partial charge in [0, 0.05) is 37.6 Å². The first-order valence-corrected chi connectivity index (χ1v) is 9.99. The summed E-state index contributed by atoms with van der Waals surface area (Å²) in [6.07, 6.45) is 2.08. The lowest BCUT2D eigenvalue weighted by molar-refractivity contribution is -0.133. The molecule has 0 aliphatic carbocycles. The van der Waals surface area contributed by atoms with Gasteiger partial charge in [0.05, 0.1) is 6.04 Å². The highest BCUT2D eigenvalue weighted by molar-refractivity contribution is 5.86. The van der Waals surface area contributed by atoms with Crippen LogP contribution >= 0.6 is 0 Å². The second kappa shape index (κ2) is 9.15. The summed E-state index contributed by atoms with van der Waals surface area (Å²) in [6.45, 7) is 1.15. The molecule has 7 nitrogen and oxygen atoms in total. The number of likely N-dealkylation sites (tertiary alicyclic amines) is 1. The van der Waals surface area contributed by atoms with Crippen LogP contribution in [0.5, 0.6) is 0 Å². The van der Waals surface area contributed by atoms with Crippen molar-refractivity contribution in [2.75, 3.05) is 19.6 Å². The van der Waals surface area contributed by atoms with E-state index in [1.54, 1.807) is 23.2 Å². The number of hydrazine groups is 1. The number of carbonyl (C=O) groups excluding carboxylic acids is 2. The molecule has 2 aliphatic heterocycles. The third-order valence-electron chi connectivity index (χ3n) is 5.53. The van der Waals surface area contributed by atoms with Crippen molar-refractivity contribution in [1.82, 2.24) is 21.2 Å². The molecule has 4 rings (SSSR count). The number of amides is 2. The minimum Gasteiger partial charge on any atom is -0.333 e. The lowest BCUT2D eigenvalue weighted by Crippen LogP contribution is -2.36. The first kappa shape index (κ1) is 20.2. The van der Waals surface area contributed by atoms with E-state index in [4.69, 9.17) is 0 Å². The summed E-state index contributed by atoms with van der Waals surface area (Å²) in [4.78, 5) is 26.1. The number of nitrogens with one attached hydrogen (secondary N) is 3. The van der Waals surface area contributed by atoms with E-state index in [1.807, 2.05) is 30.3 Å². The second-order valence-corrected chi connectivity index (χ2v) is 7.62. The van der Waals surface area contributed by atoms with Gasteiger partial charge in [-0.2, -0.15) is 5.10 Å². The average molecular weight is 409 g/mol. The van der Waals surface area contributed by atoms with Crippen molar-refractivity contribution in [3.63, 3.8) is 0 Å². The Hall–Kier alpha value is -3.10. The van der Waals surface area contributed by atoms with Gasteiger partial charge >= 0.3 is 0 Å². The normalized spacial score (nSPS) is 24.0. The predicted octanol–water partition coefficient (Wildman–Crippen LogP) is 1.71. The van der Waals surface area contributed by atoms with Crippen LogP contribution in [-0.2, 0) is 9.59 Å². The molecular weight excluding hydrogens is 385 g/mol. The van der Waals surface area contributed by atoms with Crippen LogP contribution in [0.2, 0.25) is 0 Å².